The van der Waals surface area contributed by atoms with Crippen molar-refractivity contribution >= 4 is 0 Å². The van der Waals surface area contributed by atoms with Crippen LogP contribution in [0.4, 0.5) is 0 Å². The lowest BCUT2D eigenvalue weighted by molar-refractivity contribution is 0.0452. The normalized spacial score (nSPS) is 14.6. The molecule has 0 aliphatic carbocycles. The van der Waals surface area contributed by atoms with Gasteiger partial charge in [-0.15, -0.1) is 0 Å². The van der Waals surface area contributed by atoms with Crippen molar-refractivity contribution in [2.24, 2.45) is 0 Å². The molecule has 3 nitrogen and oxygen atoms in total. The fraction of sp³-hybridized carbons (Fsp3) is 0.0909. The predicted molar refractivity (Wildman–Crippen MR) is 51.2 cm³/mol. The van der Waals surface area contributed by atoms with E-state index < -0.39 is 0 Å². The average molecular weight is 187 g/mol. The van der Waals surface area contributed by atoms with Gasteiger partial charge in [-0.25, -0.2) is 0 Å². The molecule has 1 aromatic carbocycles. The fourth-order valence-corrected chi connectivity index (χ4v) is 1.52. The van der Waals surface area contributed by atoms with Gasteiger partial charge < -0.3 is 14.5 Å². The maximum absolute atomic E-state index is 5.60. The van der Waals surface area contributed by atoms with Gasteiger partial charge in [0.05, 0.1) is 5.69 Å². The number of aromatic nitrogens is 1. The molecular weight excluding hydrogens is 178 g/mol. The van der Waals surface area contributed by atoms with Crippen LogP contribution in [-0.2, 0) is 0 Å². The standard InChI is InChI=1S/C11H9NO2/c1-2-6-10-9(5-1)13-11(14-10)8-4-3-7-12-8/h1-7,11-12H. The zero-order chi connectivity index (χ0) is 9.38. The zero-order valence-corrected chi connectivity index (χ0v) is 7.44. The highest BCUT2D eigenvalue weighted by Crippen LogP contribution is 2.39. The quantitative estimate of drug-likeness (QED) is 0.744. The molecule has 0 radical (unpaired) electrons. The summed E-state index contributed by atoms with van der Waals surface area (Å²) in [4.78, 5) is 3.06. The maximum atomic E-state index is 5.60. The molecule has 2 aromatic rings. The molecule has 0 unspecified atom stereocenters. The first kappa shape index (κ1) is 7.50. The summed E-state index contributed by atoms with van der Waals surface area (Å²) >= 11 is 0. The molecule has 70 valence electrons. The third kappa shape index (κ3) is 1.06. The van der Waals surface area contributed by atoms with Gasteiger partial charge >= 0.3 is 0 Å². The van der Waals surface area contributed by atoms with Gasteiger partial charge in [-0.2, -0.15) is 0 Å². The number of H-pyrrole nitrogens is 1. The fourth-order valence-electron chi connectivity index (χ4n) is 1.52. The summed E-state index contributed by atoms with van der Waals surface area (Å²) in [6.45, 7) is 0. The van der Waals surface area contributed by atoms with Crippen molar-refractivity contribution in [3.05, 3.63) is 48.3 Å². The number of hydrogen-bond donors (Lipinski definition) is 1. The zero-order valence-electron chi connectivity index (χ0n) is 7.44. The lowest BCUT2D eigenvalue weighted by Crippen LogP contribution is -2.07. The molecule has 0 bridgehead atoms. The number of ether oxygens (including phenoxy) is 2. The Hall–Kier alpha value is -1.90. The molecule has 0 fully saturated rings. The first-order valence-electron chi connectivity index (χ1n) is 4.49. The third-order valence-electron chi connectivity index (χ3n) is 2.19. The molecule has 0 saturated carbocycles. The molecule has 1 aromatic heterocycles. The van der Waals surface area contributed by atoms with E-state index in [0.717, 1.165) is 17.2 Å². The molecule has 3 rings (SSSR count). The molecule has 0 atom stereocenters. The van der Waals surface area contributed by atoms with E-state index in [1.165, 1.54) is 0 Å². The maximum Gasteiger partial charge on any atom is 0.282 e. The Bertz CT molecular complexity index is 411. The summed E-state index contributed by atoms with van der Waals surface area (Å²) in [5.41, 5.74) is 0.932. The highest BCUT2D eigenvalue weighted by molar-refractivity contribution is 5.42. The minimum atomic E-state index is -0.331. The van der Waals surface area contributed by atoms with Gasteiger partial charge in [0.15, 0.2) is 11.5 Å². The largest absolute Gasteiger partial charge is 0.445 e. The van der Waals surface area contributed by atoms with E-state index in [1.807, 2.05) is 42.6 Å². The molecule has 0 amide bonds. The Labute approximate surface area is 81.3 Å². The van der Waals surface area contributed by atoms with E-state index in [4.69, 9.17) is 9.47 Å². The number of fused-ring (bicyclic) bond motifs is 1. The highest BCUT2D eigenvalue weighted by atomic mass is 16.7. The van der Waals surface area contributed by atoms with Crippen LogP contribution in [0.15, 0.2) is 42.6 Å². The van der Waals surface area contributed by atoms with Crippen molar-refractivity contribution in [2.75, 3.05) is 0 Å². The minimum Gasteiger partial charge on any atom is -0.445 e. The van der Waals surface area contributed by atoms with E-state index in [1.54, 1.807) is 0 Å². The van der Waals surface area contributed by atoms with Crippen molar-refractivity contribution in [1.82, 2.24) is 4.98 Å². The summed E-state index contributed by atoms with van der Waals surface area (Å²) in [5, 5.41) is 0. The van der Waals surface area contributed by atoms with Crippen LogP contribution < -0.4 is 9.47 Å². The lowest BCUT2D eigenvalue weighted by atomic mass is 10.3. The average Bonchev–Trinajstić information content (AvgIpc) is 2.86. The van der Waals surface area contributed by atoms with Gasteiger partial charge in [0.1, 0.15) is 0 Å². The Morgan fingerprint density at radius 1 is 0.929 bits per heavy atom. The van der Waals surface area contributed by atoms with Gasteiger partial charge in [-0.1, -0.05) is 12.1 Å². The summed E-state index contributed by atoms with van der Waals surface area (Å²) in [5.74, 6) is 1.60. The third-order valence-corrected chi connectivity index (χ3v) is 2.19. The van der Waals surface area contributed by atoms with Crippen molar-refractivity contribution in [3.8, 4) is 11.5 Å². The van der Waals surface area contributed by atoms with Crippen LogP contribution in [0.5, 0.6) is 11.5 Å². The molecule has 3 heteroatoms. The predicted octanol–water partition coefficient (Wildman–Crippen LogP) is 2.48. The van der Waals surface area contributed by atoms with Crippen LogP contribution in [-0.4, -0.2) is 4.98 Å². The molecular formula is C11H9NO2. The van der Waals surface area contributed by atoms with Crippen LogP contribution in [0.1, 0.15) is 12.0 Å². The van der Waals surface area contributed by atoms with Gasteiger partial charge in [-0.05, 0) is 24.3 Å². The van der Waals surface area contributed by atoms with Crippen LogP contribution in [0.25, 0.3) is 0 Å². The van der Waals surface area contributed by atoms with Crippen LogP contribution in [0.2, 0.25) is 0 Å². The summed E-state index contributed by atoms with van der Waals surface area (Å²) < 4.78 is 11.2. The first-order chi connectivity index (χ1) is 6.93. The van der Waals surface area contributed by atoms with Crippen molar-refractivity contribution < 1.29 is 9.47 Å². The second-order valence-corrected chi connectivity index (χ2v) is 3.14. The van der Waals surface area contributed by atoms with Crippen LogP contribution in [0, 0.1) is 0 Å². The SMILES string of the molecule is c1c[nH]c(C2Oc3ccccc3O2)c1. The number of aromatic amines is 1. The summed E-state index contributed by atoms with van der Waals surface area (Å²) in [6.07, 6.45) is 1.52. The molecule has 1 aliphatic rings. The summed E-state index contributed by atoms with van der Waals surface area (Å²) in [6, 6.07) is 11.5. The molecule has 0 saturated heterocycles. The summed E-state index contributed by atoms with van der Waals surface area (Å²) in [7, 11) is 0. The second kappa shape index (κ2) is 2.80. The molecule has 1 aliphatic heterocycles. The van der Waals surface area contributed by atoms with Crippen molar-refractivity contribution in [3.63, 3.8) is 0 Å². The van der Waals surface area contributed by atoms with Gasteiger partial charge in [0.2, 0.25) is 0 Å². The van der Waals surface area contributed by atoms with Gasteiger partial charge in [0.25, 0.3) is 6.29 Å². The Morgan fingerprint density at radius 3 is 2.21 bits per heavy atom. The number of rotatable bonds is 1. The van der Waals surface area contributed by atoms with Crippen LogP contribution in [0.3, 0.4) is 0 Å². The highest BCUT2D eigenvalue weighted by Gasteiger charge is 2.25. The molecule has 0 spiro atoms. The Balaban J connectivity index is 1.92. The van der Waals surface area contributed by atoms with E-state index in [9.17, 15) is 0 Å². The van der Waals surface area contributed by atoms with E-state index in [-0.39, 0.29) is 6.29 Å². The Kier molecular flexibility index (Phi) is 1.50. The van der Waals surface area contributed by atoms with E-state index >= 15 is 0 Å². The number of benzene rings is 1. The molecule has 1 N–H and O–H groups in total. The lowest BCUT2D eigenvalue weighted by Gasteiger charge is -2.07. The number of para-hydroxylation sites is 2. The minimum absolute atomic E-state index is 0.331. The van der Waals surface area contributed by atoms with Crippen LogP contribution >= 0.6 is 0 Å². The molecule has 14 heavy (non-hydrogen) atoms. The van der Waals surface area contributed by atoms with Gasteiger partial charge in [0, 0.05) is 6.20 Å². The molecule has 2 heterocycles. The number of nitrogens with one attached hydrogen (secondary N) is 1. The second-order valence-electron chi connectivity index (χ2n) is 3.14. The monoisotopic (exact) mass is 187 g/mol. The van der Waals surface area contributed by atoms with Crippen molar-refractivity contribution in [1.29, 1.82) is 0 Å². The topological polar surface area (TPSA) is 34.2 Å². The van der Waals surface area contributed by atoms with E-state index in [0.29, 0.717) is 0 Å². The van der Waals surface area contributed by atoms with E-state index in [2.05, 4.69) is 4.98 Å². The van der Waals surface area contributed by atoms with Crippen molar-refractivity contribution in [2.45, 2.75) is 6.29 Å². The number of hydrogen-bond acceptors (Lipinski definition) is 2. The van der Waals surface area contributed by atoms with Gasteiger partial charge in [-0.3, -0.25) is 0 Å². The Morgan fingerprint density at radius 2 is 1.64 bits per heavy atom. The first-order valence-corrected chi connectivity index (χ1v) is 4.49. The smallest absolute Gasteiger partial charge is 0.282 e.